The van der Waals surface area contributed by atoms with Gasteiger partial charge in [-0.2, -0.15) is 0 Å². The topological polar surface area (TPSA) is 32.7 Å². The Hall–Kier alpha value is -0.900. The summed E-state index contributed by atoms with van der Waals surface area (Å²) in [5.74, 6) is 0. The zero-order chi connectivity index (χ0) is 15.3. The highest BCUT2D eigenvalue weighted by molar-refractivity contribution is 5.22. The first kappa shape index (κ1) is 16.5. The lowest BCUT2D eigenvalue weighted by Gasteiger charge is -2.31. The smallest absolute Gasteiger partial charge is 0.0698 e. The highest BCUT2D eigenvalue weighted by atomic mass is 16.5. The predicted octanol–water partition coefficient (Wildman–Crippen LogP) is 3.00. The van der Waals surface area contributed by atoms with E-state index in [4.69, 9.17) is 4.74 Å². The molecule has 0 amide bonds. The van der Waals surface area contributed by atoms with Crippen molar-refractivity contribution in [2.75, 3.05) is 20.2 Å². The number of nitrogens with zero attached hydrogens (tertiary/aromatic N) is 1. The monoisotopic (exact) mass is 291 g/mol. The van der Waals surface area contributed by atoms with Crippen molar-refractivity contribution < 1.29 is 9.84 Å². The number of hydrogen-bond acceptors (Lipinski definition) is 3. The normalized spacial score (nSPS) is 20.7. The summed E-state index contributed by atoms with van der Waals surface area (Å²) in [5.41, 5.74) is 2.08. The van der Waals surface area contributed by atoms with E-state index >= 15 is 0 Å². The van der Waals surface area contributed by atoms with Crippen molar-refractivity contribution in [3.05, 3.63) is 35.4 Å². The molecule has 3 nitrogen and oxygen atoms in total. The van der Waals surface area contributed by atoms with E-state index in [1.807, 2.05) is 21.0 Å². The lowest BCUT2D eigenvalue weighted by Crippen LogP contribution is -2.38. The van der Waals surface area contributed by atoms with Crippen LogP contribution in [0.25, 0.3) is 0 Å². The Morgan fingerprint density at radius 1 is 1.24 bits per heavy atom. The first-order valence-electron chi connectivity index (χ1n) is 8.01. The van der Waals surface area contributed by atoms with Gasteiger partial charge in [0.25, 0.3) is 0 Å². The molecule has 1 aliphatic heterocycles. The summed E-state index contributed by atoms with van der Waals surface area (Å²) < 4.78 is 5.48. The van der Waals surface area contributed by atoms with Gasteiger partial charge >= 0.3 is 0 Å². The minimum atomic E-state index is -0.582. The number of methoxy groups -OCH3 is 1. The number of likely N-dealkylation sites (tertiary alicyclic amines) is 1. The van der Waals surface area contributed by atoms with Gasteiger partial charge in [0, 0.05) is 20.2 Å². The van der Waals surface area contributed by atoms with Crippen molar-refractivity contribution in [3.8, 4) is 0 Å². The molecule has 118 valence electrons. The lowest BCUT2D eigenvalue weighted by molar-refractivity contribution is 0.0285. The number of benzene rings is 1. The highest BCUT2D eigenvalue weighted by Crippen LogP contribution is 2.17. The van der Waals surface area contributed by atoms with E-state index in [1.165, 1.54) is 30.5 Å². The number of aliphatic hydroxyl groups is 1. The Morgan fingerprint density at radius 2 is 1.90 bits per heavy atom. The van der Waals surface area contributed by atoms with Crippen LogP contribution in [-0.4, -0.2) is 41.9 Å². The van der Waals surface area contributed by atoms with Gasteiger partial charge in [-0.25, -0.2) is 0 Å². The molecular formula is C18H29NO2. The summed E-state index contributed by atoms with van der Waals surface area (Å²) in [7, 11) is 1.81. The predicted molar refractivity (Wildman–Crippen MR) is 86.4 cm³/mol. The van der Waals surface area contributed by atoms with E-state index in [1.54, 1.807) is 0 Å². The fourth-order valence-electron chi connectivity index (χ4n) is 2.87. The fraction of sp³-hybridized carbons (Fsp3) is 0.667. The largest absolute Gasteiger partial charge is 0.390 e. The van der Waals surface area contributed by atoms with E-state index in [0.29, 0.717) is 6.10 Å². The number of ether oxygens (including phenoxy) is 1. The molecule has 2 rings (SSSR count). The summed E-state index contributed by atoms with van der Waals surface area (Å²) in [4.78, 5) is 2.48. The van der Waals surface area contributed by atoms with Gasteiger partial charge < -0.3 is 9.84 Å². The summed E-state index contributed by atoms with van der Waals surface area (Å²) in [6.07, 6.45) is 4.53. The Morgan fingerprint density at radius 3 is 2.52 bits per heavy atom. The Labute approximate surface area is 128 Å². The highest BCUT2D eigenvalue weighted by Gasteiger charge is 2.19. The molecule has 1 atom stereocenters. The SMILES string of the molecule is COC1CCCN(Cc2ccc(CCC(C)(C)O)cc2)C1. The Kier molecular flexibility index (Phi) is 5.80. The van der Waals surface area contributed by atoms with Crippen LogP contribution in [0.4, 0.5) is 0 Å². The van der Waals surface area contributed by atoms with Crippen molar-refractivity contribution in [2.45, 2.75) is 57.8 Å². The van der Waals surface area contributed by atoms with Crippen molar-refractivity contribution in [1.29, 1.82) is 0 Å². The van der Waals surface area contributed by atoms with Gasteiger partial charge in [0.15, 0.2) is 0 Å². The van der Waals surface area contributed by atoms with Crippen molar-refractivity contribution in [1.82, 2.24) is 4.90 Å². The number of hydrogen-bond donors (Lipinski definition) is 1. The summed E-state index contributed by atoms with van der Waals surface area (Å²) in [5, 5.41) is 9.78. The lowest BCUT2D eigenvalue weighted by atomic mass is 9.98. The molecule has 1 saturated heterocycles. The maximum Gasteiger partial charge on any atom is 0.0698 e. The minimum absolute atomic E-state index is 0.393. The van der Waals surface area contributed by atoms with Crippen LogP contribution in [-0.2, 0) is 17.7 Å². The number of piperidine rings is 1. The molecule has 21 heavy (non-hydrogen) atoms. The molecule has 1 aromatic rings. The molecule has 1 unspecified atom stereocenters. The summed E-state index contributed by atoms with van der Waals surface area (Å²) in [6, 6.07) is 8.82. The number of rotatable bonds is 6. The molecule has 1 aromatic carbocycles. The fourth-order valence-corrected chi connectivity index (χ4v) is 2.87. The quantitative estimate of drug-likeness (QED) is 0.874. The van der Waals surface area contributed by atoms with Gasteiger partial charge in [-0.3, -0.25) is 4.90 Å². The third-order valence-electron chi connectivity index (χ3n) is 4.25. The van der Waals surface area contributed by atoms with E-state index < -0.39 is 5.60 Å². The van der Waals surface area contributed by atoms with Gasteiger partial charge in [0.05, 0.1) is 11.7 Å². The second-order valence-corrected chi connectivity index (χ2v) is 6.86. The molecule has 3 heteroatoms. The number of aryl methyl sites for hydroxylation is 1. The zero-order valence-corrected chi connectivity index (χ0v) is 13.6. The first-order valence-corrected chi connectivity index (χ1v) is 8.01. The molecule has 1 fully saturated rings. The third-order valence-corrected chi connectivity index (χ3v) is 4.25. The zero-order valence-electron chi connectivity index (χ0n) is 13.6. The molecule has 0 radical (unpaired) electrons. The molecule has 0 bridgehead atoms. The molecular weight excluding hydrogens is 262 g/mol. The van der Waals surface area contributed by atoms with Crippen molar-refractivity contribution >= 4 is 0 Å². The molecule has 0 saturated carbocycles. The average Bonchev–Trinajstić information content (AvgIpc) is 2.46. The van der Waals surface area contributed by atoms with Crippen LogP contribution in [0, 0.1) is 0 Å². The van der Waals surface area contributed by atoms with Gasteiger partial charge in [-0.1, -0.05) is 24.3 Å². The molecule has 1 N–H and O–H groups in total. The van der Waals surface area contributed by atoms with Crippen LogP contribution in [0.1, 0.15) is 44.2 Å². The van der Waals surface area contributed by atoms with E-state index in [0.717, 1.165) is 25.9 Å². The van der Waals surface area contributed by atoms with E-state index in [2.05, 4.69) is 29.2 Å². The Bertz CT molecular complexity index is 422. The third kappa shape index (κ3) is 5.77. The maximum absolute atomic E-state index is 9.78. The van der Waals surface area contributed by atoms with Gasteiger partial charge in [0.1, 0.15) is 0 Å². The average molecular weight is 291 g/mol. The van der Waals surface area contributed by atoms with E-state index in [9.17, 15) is 5.11 Å². The maximum atomic E-state index is 9.78. The molecule has 1 aliphatic rings. The molecule has 1 heterocycles. The van der Waals surface area contributed by atoms with Crippen LogP contribution < -0.4 is 0 Å². The van der Waals surface area contributed by atoms with Crippen LogP contribution in [0.5, 0.6) is 0 Å². The van der Waals surface area contributed by atoms with Crippen LogP contribution in [0.3, 0.4) is 0 Å². The van der Waals surface area contributed by atoms with Gasteiger partial charge in [0.2, 0.25) is 0 Å². The summed E-state index contributed by atoms with van der Waals surface area (Å²) in [6.45, 7) is 6.94. The molecule has 0 aliphatic carbocycles. The van der Waals surface area contributed by atoms with Gasteiger partial charge in [-0.15, -0.1) is 0 Å². The van der Waals surface area contributed by atoms with Crippen LogP contribution in [0.2, 0.25) is 0 Å². The van der Waals surface area contributed by atoms with Crippen LogP contribution in [0.15, 0.2) is 24.3 Å². The molecule has 0 aromatic heterocycles. The second-order valence-electron chi connectivity index (χ2n) is 6.86. The van der Waals surface area contributed by atoms with E-state index in [-0.39, 0.29) is 0 Å². The second kappa shape index (κ2) is 7.39. The minimum Gasteiger partial charge on any atom is -0.390 e. The van der Waals surface area contributed by atoms with Crippen molar-refractivity contribution in [3.63, 3.8) is 0 Å². The van der Waals surface area contributed by atoms with Crippen LogP contribution >= 0.6 is 0 Å². The molecule has 0 spiro atoms. The standard InChI is InChI=1S/C18H29NO2/c1-18(2,20)11-10-15-6-8-16(9-7-15)13-19-12-4-5-17(14-19)21-3/h6-9,17,20H,4-5,10-14H2,1-3H3. The van der Waals surface area contributed by atoms with Gasteiger partial charge in [-0.05, 0) is 57.2 Å². The summed E-state index contributed by atoms with van der Waals surface area (Å²) >= 11 is 0. The first-order chi connectivity index (χ1) is 9.96. The van der Waals surface area contributed by atoms with Crippen molar-refractivity contribution in [2.24, 2.45) is 0 Å². The Balaban J connectivity index is 1.84.